The fraction of sp³-hybridized carbons (Fsp3) is 0.235. The largest absolute Gasteiger partial charge is 0.349 e. The van der Waals surface area contributed by atoms with Crippen molar-refractivity contribution in [2.24, 2.45) is 0 Å². The summed E-state index contributed by atoms with van der Waals surface area (Å²) < 4.78 is 66.4. The van der Waals surface area contributed by atoms with Crippen molar-refractivity contribution in [2.45, 2.75) is 25.8 Å². The molecule has 128 valence electrons. The van der Waals surface area contributed by atoms with E-state index < -0.39 is 46.6 Å². The van der Waals surface area contributed by atoms with Crippen LogP contribution in [0.15, 0.2) is 30.3 Å². The van der Waals surface area contributed by atoms with Gasteiger partial charge in [-0.05, 0) is 25.3 Å². The normalized spacial score (nSPS) is 12.1. The maximum Gasteiger partial charge on any atom is 0.257 e. The number of carbonyl (C=O) groups is 1. The van der Waals surface area contributed by atoms with E-state index in [9.17, 15) is 26.7 Å². The second-order valence-corrected chi connectivity index (χ2v) is 5.34. The lowest BCUT2D eigenvalue weighted by atomic mass is 10.1. The summed E-state index contributed by atoms with van der Waals surface area (Å²) in [5, 5.41) is 2.25. The van der Waals surface area contributed by atoms with Gasteiger partial charge in [0.05, 0.1) is 0 Å². The number of benzene rings is 2. The molecule has 2 rings (SSSR count). The molecule has 1 N–H and O–H groups in total. The third-order valence-electron chi connectivity index (χ3n) is 3.52. The molecule has 0 saturated carbocycles. The van der Waals surface area contributed by atoms with Gasteiger partial charge in [-0.1, -0.05) is 30.3 Å². The third kappa shape index (κ3) is 3.72. The molecule has 1 unspecified atom stereocenters. The highest BCUT2D eigenvalue weighted by Gasteiger charge is 2.30. The summed E-state index contributed by atoms with van der Waals surface area (Å²) in [6, 6.07) is 8.75. The smallest absolute Gasteiger partial charge is 0.257 e. The number of carbonyl (C=O) groups excluding carboxylic acids is 1. The highest BCUT2D eigenvalue weighted by molar-refractivity contribution is 5.95. The lowest BCUT2D eigenvalue weighted by Crippen LogP contribution is -2.34. The zero-order valence-electron chi connectivity index (χ0n) is 12.7. The Hall–Kier alpha value is -2.44. The van der Waals surface area contributed by atoms with E-state index in [0.29, 0.717) is 12.8 Å². The number of rotatable bonds is 5. The van der Waals surface area contributed by atoms with Crippen molar-refractivity contribution in [3.8, 4) is 0 Å². The number of aryl methyl sites for hydroxylation is 1. The molecule has 0 aliphatic rings. The van der Waals surface area contributed by atoms with Crippen LogP contribution in [0.2, 0.25) is 0 Å². The van der Waals surface area contributed by atoms with Crippen LogP contribution < -0.4 is 5.32 Å². The molecule has 7 heteroatoms. The van der Waals surface area contributed by atoms with E-state index in [1.807, 2.05) is 30.3 Å². The number of halogens is 5. The highest BCUT2D eigenvalue weighted by atomic mass is 19.2. The van der Waals surface area contributed by atoms with E-state index in [-0.39, 0.29) is 0 Å². The first-order valence-electron chi connectivity index (χ1n) is 7.19. The van der Waals surface area contributed by atoms with E-state index in [4.69, 9.17) is 0 Å². The van der Waals surface area contributed by atoms with Crippen LogP contribution in [0.5, 0.6) is 0 Å². The molecule has 1 amide bonds. The second-order valence-electron chi connectivity index (χ2n) is 5.34. The predicted molar refractivity (Wildman–Crippen MR) is 77.9 cm³/mol. The average molecular weight is 343 g/mol. The fourth-order valence-electron chi connectivity index (χ4n) is 2.20. The minimum Gasteiger partial charge on any atom is -0.349 e. The van der Waals surface area contributed by atoms with Gasteiger partial charge in [-0.15, -0.1) is 0 Å². The summed E-state index contributed by atoms with van der Waals surface area (Å²) in [5.74, 6) is -12.2. The zero-order chi connectivity index (χ0) is 17.9. The van der Waals surface area contributed by atoms with Gasteiger partial charge in [-0.3, -0.25) is 4.79 Å². The Morgan fingerprint density at radius 3 is 1.96 bits per heavy atom. The van der Waals surface area contributed by atoms with E-state index >= 15 is 0 Å². The summed E-state index contributed by atoms with van der Waals surface area (Å²) in [5.41, 5.74) is -0.479. The molecule has 2 aromatic carbocycles. The van der Waals surface area contributed by atoms with Crippen molar-refractivity contribution in [1.82, 2.24) is 5.32 Å². The Morgan fingerprint density at radius 2 is 1.42 bits per heavy atom. The first-order chi connectivity index (χ1) is 11.3. The molecule has 0 aromatic heterocycles. The first-order valence-corrected chi connectivity index (χ1v) is 7.19. The zero-order valence-corrected chi connectivity index (χ0v) is 12.7. The Bertz CT molecular complexity index is 719. The molecular formula is C17H14F5NO. The number of nitrogens with one attached hydrogen (secondary N) is 1. The Kier molecular flexibility index (Phi) is 5.54. The van der Waals surface area contributed by atoms with Crippen LogP contribution >= 0.6 is 0 Å². The number of amides is 1. The molecule has 24 heavy (non-hydrogen) atoms. The Morgan fingerprint density at radius 1 is 0.917 bits per heavy atom. The summed E-state index contributed by atoms with van der Waals surface area (Å²) in [4.78, 5) is 11.9. The third-order valence-corrected chi connectivity index (χ3v) is 3.52. The molecule has 0 saturated heterocycles. The lowest BCUT2D eigenvalue weighted by Gasteiger charge is -2.15. The summed E-state index contributed by atoms with van der Waals surface area (Å²) >= 11 is 0. The summed E-state index contributed by atoms with van der Waals surface area (Å²) in [6.07, 6.45) is 1.02. The van der Waals surface area contributed by atoms with Gasteiger partial charge in [0.25, 0.3) is 5.91 Å². The van der Waals surface area contributed by atoms with Gasteiger partial charge in [0, 0.05) is 6.04 Å². The standard InChI is InChI=1S/C17H14F5NO/c1-9(7-8-10-5-3-2-4-6-10)23-17(24)11-12(18)14(20)16(22)15(21)13(11)19/h2-6,9H,7-8H2,1H3,(H,23,24). The number of hydrogen-bond acceptors (Lipinski definition) is 1. The van der Waals surface area contributed by atoms with Gasteiger partial charge in [-0.25, -0.2) is 22.0 Å². The van der Waals surface area contributed by atoms with Crippen LogP contribution in [0.3, 0.4) is 0 Å². The molecule has 2 aromatic rings. The van der Waals surface area contributed by atoms with Gasteiger partial charge >= 0.3 is 0 Å². The molecular weight excluding hydrogens is 329 g/mol. The maximum absolute atomic E-state index is 13.6. The topological polar surface area (TPSA) is 29.1 Å². The molecule has 0 heterocycles. The molecule has 0 bridgehead atoms. The summed E-state index contributed by atoms with van der Waals surface area (Å²) in [7, 11) is 0. The molecule has 1 atom stereocenters. The lowest BCUT2D eigenvalue weighted by molar-refractivity contribution is 0.0926. The Labute approximate surface area is 135 Å². The van der Waals surface area contributed by atoms with Gasteiger partial charge < -0.3 is 5.32 Å². The van der Waals surface area contributed by atoms with Crippen molar-refractivity contribution in [3.63, 3.8) is 0 Å². The maximum atomic E-state index is 13.6. The van der Waals surface area contributed by atoms with Crippen molar-refractivity contribution in [2.75, 3.05) is 0 Å². The van der Waals surface area contributed by atoms with Crippen LogP contribution in [-0.4, -0.2) is 11.9 Å². The molecule has 0 aliphatic heterocycles. The van der Waals surface area contributed by atoms with Crippen molar-refractivity contribution >= 4 is 5.91 Å². The van der Waals surface area contributed by atoms with Gasteiger partial charge in [0.15, 0.2) is 23.3 Å². The van der Waals surface area contributed by atoms with Gasteiger partial charge in [0.2, 0.25) is 5.82 Å². The van der Waals surface area contributed by atoms with E-state index in [1.165, 1.54) is 0 Å². The SMILES string of the molecule is CC(CCc1ccccc1)NC(=O)c1c(F)c(F)c(F)c(F)c1F. The van der Waals surface area contributed by atoms with Crippen molar-refractivity contribution < 1.29 is 26.7 Å². The van der Waals surface area contributed by atoms with Crippen LogP contribution in [0.25, 0.3) is 0 Å². The van der Waals surface area contributed by atoms with Crippen LogP contribution in [0.4, 0.5) is 22.0 Å². The minimum absolute atomic E-state index is 0.436. The van der Waals surface area contributed by atoms with Crippen LogP contribution in [0, 0.1) is 29.1 Å². The molecule has 2 nitrogen and oxygen atoms in total. The monoisotopic (exact) mass is 343 g/mol. The van der Waals surface area contributed by atoms with Crippen molar-refractivity contribution in [3.05, 3.63) is 70.5 Å². The Balaban J connectivity index is 2.10. The number of hydrogen-bond donors (Lipinski definition) is 1. The predicted octanol–water partition coefficient (Wildman–Crippen LogP) is 4.13. The summed E-state index contributed by atoms with van der Waals surface area (Å²) in [6.45, 7) is 1.58. The first kappa shape index (κ1) is 17.9. The highest BCUT2D eigenvalue weighted by Crippen LogP contribution is 2.23. The fourth-order valence-corrected chi connectivity index (χ4v) is 2.20. The molecule has 0 fully saturated rings. The van der Waals surface area contributed by atoms with Crippen LogP contribution in [0.1, 0.15) is 29.3 Å². The van der Waals surface area contributed by atoms with E-state index in [0.717, 1.165) is 5.56 Å². The molecule has 0 spiro atoms. The average Bonchev–Trinajstić information content (AvgIpc) is 2.57. The molecule has 0 radical (unpaired) electrons. The van der Waals surface area contributed by atoms with E-state index in [1.54, 1.807) is 6.92 Å². The van der Waals surface area contributed by atoms with Crippen molar-refractivity contribution in [1.29, 1.82) is 0 Å². The van der Waals surface area contributed by atoms with Crippen LogP contribution in [-0.2, 0) is 6.42 Å². The second kappa shape index (κ2) is 7.42. The van der Waals surface area contributed by atoms with E-state index in [2.05, 4.69) is 5.32 Å². The van der Waals surface area contributed by atoms with Gasteiger partial charge in [0.1, 0.15) is 5.56 Å². The minimum atomic E-state index is -2.29. The quantitative estimate of drug-likeness (QED) is 0.494. The van der Waals surface area contributed by atoms with Gasteiger partial charge in [-0.2, -0.15) is 0 Å². The molecule has 0 aliphatic carbocycles.